The third kappa shape index (κ3) is 9.30. The van der Waals surface area contributed by atoms with Crippen LogP contribution in [0.4, 0.5) is 33.3 Å². The summed E-state index contributed by atoms with van der Waals surface area (Å²) in [6.45, 7) is -1.55. The fourth-order valence-electron chi connectivity index (χ4n) is 7.84. The summed E-state index contributed by atoms with van der Waals surface area (Å²) in [7, 11) is 5.82. The zero-order valence-electron chi connectivity index (χ0n) is 34.8. The van der Waals surface area contributed by atoms with Crippen molar-refractivity contribution < 1.29 is 50.6 Å². The van der Waals surface area contributed by atoms with Crippen LogP contribution >= 0.6 is 0 Å². The van der Waals surface area contributed by atoms with Gasteiger partial charge in [-0.25, -0.2) is 26.7 Å². The molecule has 6 aromatic rings. The van der Waals surface area contributed by atoms with Crippen molar-refractivity contribution in [1.29, 1.82) is 0 Å². The summed E-state index contributed by atoms with van der Waals surface area (Å²) in [6.07, 6.45) is -0.429. The molecule has 1 saturated carbocycles. The molecule has 1 aromatic heterocycles. The predicted molar refractivity (Wildman–Crippen MR) is 226 cm³/mol. The minimum atomic E-state index is -1.73. The highest BCUT2D eigenvalue weighted by Gasteiger charge is 2.63. The van der Waals surface area contributed by atoms with E-state index >= 15 is 0 Å². The Morgan fingerprint density at radius 1 is 0.672 bits per heavy atom. The number of halogens is 5. The van der Waals surface area contributed by atoms with Crippen LogP contribution < -0.4 is 35.6 Å². The molecule has 7 rings (SSSR count). The van der Waals surface area contributed by atoms with Crippen molar-refractivity contribution in [2.75, 3.05) is 38.1 Å². The Labute approximate surface area is 362 Å². The van der Waals surface area contributed by atoms with Gasteiger partial charge in [0.1, 0.15) is 65.3 Å². The maximum absolute atomic E-state index is 14.8. The van der Waals surface area contributed by atoms with E-state index in [0.29, 0.717) is 35.0 Å². The lowest BCUT2D eigenvalue weighted by Crippen LogP contribution is -2.52. The van der Waals surface area contributed by atoms with Crippen molar-refractivity contribution in [2.24, 2.45) is 0 Å². The molecule has 5 aromatic carbocycles. The number of rotatable bonds is 15. The second kappa shape index (κ2) is 18.1. The van der Waals surface area contributed by atoms with Gasteiger partial charge in [0.15, 0.2) is 0 Å². The Balaban J connectivity index is 1.16. The molecule has 13 nitrogen and oxygen atoms in total. The SMILES string of the molecule is COc1ccc(N(C)C(=O)[C@H](Cc2cc(F)cc(F)c2)NC(=O)Cn2c(=O)n(CC(=O)N[C@]3(C(=O)N(C)c4ccc(OC)cc4)C[C@@H]3c3cc(F)cc(F)c3)c3cc(F)ccc32)cc1. The molecule has 3 atom stereocenters. The fourth-order valence-corrected chi connectivity index (χ4v) is 7.84. The normalized spacial score (nSPS) is 15.9. The van der Waals surface area contributed by atoms with Gasteiger partial charge in [-0.15, -0.1) is 0 Å². The van der Waals surface area contributed by atoms with Crippen molar-refractivity contribution in [3.63, 3.8) is 0 Å². The number of benzene rings is 5. The summed E-state index contributed by atoms with van der Waals surface area (Å²) in [5.74, 6) is -7.40. The first kappa shape index (κ1) is 44.6. The van der Waals surface area contributed by atoms with Crippen LogP contribution in [0.1, 0.15) is 23.5 Å². The van der Waals surface area contributed by atoms with Crippen molar-refractivity contribution in [2.45, 2.75) is 43.4 Å². The number of likely N-dealkylation sites (N-methyl/N-ethyl adjacent to an activating group) is 2. The summed E-state index contributed by atoms with van der Waals surface area (Å²) >= 11 is 0. The predicted octanol–water partition coefficient (Wildman–Crippen LogP) is 5.61. The summed E-state index contributed by atoms with van der Waals surface area (Å²) in [4.78, 5) is 72.6. The summed E-state index contributed by atoms with van der Waals surface area (Å²) in [5.41, 5.74) is -1.83. The molecule has 64 heavy (non-hydrogen) atoms. The molecule has 0 aliphatic heterocycles. The average molecular weight is 885 g/mol. The van der Waals surface area contributed by atoms with Gasteiger partial charge in [0, 0.05) is 49.9 Å². The Bertz CT molecular complexity index is 2790. The highest BCUT2D eigenvalue weighted by atomic mass is 19.1. The van der Waals surface area contributed by atoms with Crippen LogP contribution in [-0.4, -0.2) is 72.7 Å². The van der Waals surface area contributed by atoms with Crippen LogP contribution in [-0.2, 0) is 38.7 Å². The second-order valence-corrected chi connectivity index (χ2v) is 15.3. The van der Waals surface area contributed by atoms with E-state index in [4.69, 9.17) is 9.47 Å². The van der Waals surface area contributed by atoms with Crippen molar-refractivity contribution in [1.82, 2.24) is 19.8 Å². The van der Waals surface area contributed by atoms with E-state index in [1.807, 2.05) is 0 Å². The van der Waals surface area contributed by atoms with Gasteiger partial charge in [0.2, 0.25) is 17.7 Å². The third-order valence-corrected chi connectivity index (χ3v) is 11.1. The number of nitrogens with one attached hydrogen (secondary N) is 2. The largest absolute Gasteiger partial charge is 0.497 e. The molecule has 1 aliphatic rings. The molecule has 1 heterocycles. The molecule has 0 radical (unpaired) electrons. The molecular weight excluding hydrogens is 844 g/mol. The Morgan fingerprint density at radius 3 is 1.75 bits per heavy atom. The van der Waals surface area contributed by atoms with Gasteiger partial charge < -0.3 is 29.9 Å². The van der Waals surface area contributed by atoms with Crippen LogP contribution in [0.25, 0.3) is 11.0 Å². The van der Waals surface area contributed by atoms with Crippen LogP contribution in [0.5, 0.6) is 11.5 Å². The van der Waals surface area contributed by atoms with Gasteiger partial charge in [-0.05, 0) is 109 Å². The minimum Gasteiger partial charge on any atom is -0.497 e. The topological polar surface area (TPSA) is 144 Å². The lowest BCUT2D eigenvalue weighted by atomic mass is 10.0. The summed E-state index contributed by atoms with van der Waals surface area (Å²) in [5, 5.41) is 5.25. The number of methoxy groups -OCH3 is 2. The molecule has 332 valence electrons. The van der Waals surface area contributed by atoms with E-state index in [-0.39, 0.29) is 35.0 Å². The van der Waals surface area contributed by atoms with E-state index < -0.39 is 89.0 Å². The van der Waals surface area contributed by atoms with Gasteiger partial charge in [-0.2, -0.15) is 0 Å². The van der Waals surface area contributed by atoms with Gasteiger partial charge in [-0.1, -0.05) is 0 Å². The number of imidazole rings is 1. The van der Waals surface area contributed by atoms with E-state index in [9.17, 15) is 45.9 Å². The molecule has 1 aliphatic carbocycles. The monoisotopic (exact) mass is 884 g/mol. The van der Waals surface area contributed by atoms with E-state index in [1.54, 1.807) is 48.5 Å². The first-order chi connectivity index (χ1) is 30.5. The number of anilines is 2. The molecule has 0 spiro atoms. The third-order valence-electron chi connectivity index (χ3n) is 11.1. The summed E-state index contributed by atoms with van der Waals surface area (Å²) in [6, 6.07) is 20.1. The number of amides is 4. The van der Waals surface area contributed by atoms with Crippen LogP contribution in [0.2, 0.25) is 0 Å². The smallest absolute Gasteiger partial charge is 0.330 e. The number of nitrogens with zero attached hydrogens (tertiary/aromatic N) is 4. The zero-order valence-corrected chi connectivity index (χ0v) is 34.8. The second-order valence-electron chi connectivity index (χ2n) is 15.3. The Kier molecular flexibility index (Phi) is 12.6. The van der Waals surface area contributed by atoms with Crippen molar-refractivity contribution in [3.8, 4) is 11.5 Å². The highest BCUT2D eigenvalue weighted by molar-refractivity contribution is 6.05. The number of hydrogen-bond donors (Lipinski definition) is 2. The molecule has 0 unspecified atom stereocenters. The first-order valence-electron chi connectivity index (χ1n) is 19.7. The maximum Gasteiger partial charge on any atom is 0.330 e. The number of ether oxygens (including phenoxy) is 2. The molecule has 2 N–H and O–H groups in total. The fraction of sp³-hybridized carbons (Fsp3) is 0.239. The van der Waals surface area contributed by atoms with Gasteiger partial charge >= 0.3 is 5.69 Å². The number of hydrogen-bond acceptors (Lipinski definition) is 7. The lowest BCUT2D eigenvalue weighted by molar-refractivity contribution is -0.128. The number of aromatic nitrogens is 2. The van der Waals surface area contributed by atoms with Crippen LogP contribution in [0.3, 0.4) is 0 Å². The number of fused-ring (bicyclic) bond motifs is 1. The standard InChI is InChI=1S/C46H41F5N6O7/c1-54(33-6-10-35(63-3)11-7-33)43(60)38(17-26-15-29(48)20-30(49)16-26)52-41(58)24-56-39-14-5-28(47)22-40(39)57(45(56)62)25-42(59)53-46(23-37(46)27-18-31(50)21-32(51)19-27)44(61)55(2)34-8-12-36(64-4)13-9-34/h5-16,18-22,37-38H,17,23-25H2,1-4H3,(H,52,58)(H,53,59)/t37-,38+,46-/m1/s1. The molecular formula is C46H41F5N6O7. The molecule has 1 fully saturated rings. The molecule has 0 bridgehead atoms. The van der Waals surface area contributed by atoms with Gasteiger partial charge in [0.25, 0.3) is 5.91 Å². The number of carbonyl (C=O) groups excluding carboxylic acids is 4. The summed E-state index contributed by atoms with van der Waals surface area (Å²) < 4.78 is 84.3. The quantitative estimate of drug-likeness (QED) is 0.128. The average Bonchev–Trinajstić information content (AvgIpc) is 3.94. The maximum atomic E-state index is 14.8. The van der Waals surface area contributed by atoms with Crippen molar-refractivity contribution in [3.05, 3.63) is 154 Å². The molecule has 4 amide bonds. The molecule has 0 saturated heterocycles. The van der Waals surface area contributed by atoms with E-state index in [2.05, 4.69) is 10.6 Å². The number of carbonyl (C=O) groups is 4. The van der Waals surface area contributed by atoms with Gasteiger partial charge in [0.05, 0.1) is 25.3 Å². The van der Waals surface area contributed by atoms with Crippen LogP contribution in [0.15, 0.2) is 108 Å². The minimum absolute atomic E-state index is 0.0179. The Morgan fingerprint density at radius 2 is 1.19 bits per heavy atom. The van der Waals surface area contributed by atoms with Gasteiger partial charge in [-0.3, -0.25) is 28.3 Å². The van der Waals surface area contributed by atoms with Crippen LogP contribution in [0, 0.1) is 29.1 Å². The van der Waals surface area contributed by atoms with Crippen molar-refractivity contribution >= 4 is 46.0 Å². The van der Waals surface area contributed by atoms with E-state index in [1.165, 1.54) is 44.2 Å². The zero-order chi connectivity index (χ0) is 46.0. The molecule has 18 heteroatoms. The Hall–Kier alpha value is -7.50. The first-order valence-corrected chi connectivity index (χ1v) is 19.7. The highest BCUT2D eigenvalue weighted by Crippen LogP contribution is 2.53. The lowest BCUT2D eigenvalue weighted by Gasteiger charge is -2.26. The van der Waals surface area contributed by atoms with E-state index in [0.717, 1.165) is 45.5 Å².